The zero-order chi connectivity index (χ0) is 18.8. The third-order valence-corrected chi connectivity index (χ3v) is 4.73. The molecule has 0 spiro atoms. The van der Waals surface area contributed by atoms with E-state index in [1.807, 2.05) is 61.5 Å². The van der Waals surface area contributed by atoms with Crippen LogP contribution in [0.25, 0.3) is 21.9 Å². The van der Waals surface area contributed by atoms with Crippen molar-refractivity contribution in [2.24, 2.45) is 0 Å². The van der Waals surface area contributed by atoms with Gasteiger partial charge in [-0.1, -0.05) is 48.9 Å². The number of hydrogen-bond donors (Lipinski definition) is 1. The SMILES string of the molecule is CC[C@@H](Oc1ccccc1Cl)C(=O)Nc1ccc2c(c1)oc1ccccc12. The van der Waals surface area contributed by atoms with Crippen LogP contribution in [-0.2, 0) is 4.79 Å². The lowest BCUT2D eigenvalue weighted by Gasteiger charge is -2.18. The first kappa shape index (κ1) is 17.4. The van der Waals surface area contributed by atoms with Gasteiger partial charge in [-0.3, -0.25) is 4.79 Å². The quantitative estimate of drug-likeness (QED) is 0.460. The molecule has 27 heavy (non-hydrogen) atoms. The molecular weight excluding hydrogens is 362 g/mol. The average molecular weight is 380 g/mol. The third-order valence-electron chi connectivity index (χ3n) is 4.42. The molecular formula is C22H18ClNO3. The van der Waals surface area contributed by atoms with Crippen LogP contribution in [0.5, 0.6) is 5.75 Å². The maximum Gasteiger partial charge on any atom is 0.265 e. The molecule has 0 unspecified atom stereocenters. The number of anilines is 1. The number of ether oxygens (including phenoxy) is 1. The molecule has 1 N–H and O–H groups in total. The Kier molecular flexibility index (Phi) is 4.73. The Morgan fingerprint density at radius 1 is 1.04 bits per heavy atom. The van der Waals surface area contributed by atoms with E-state index in [1.54, 1.807) is 12.1 Å². The van der Waals surface area contributed by atoms with Crippen molar-refractivity contribution in [1.29, 1.82) is 0 Å². The van der Waals surface area contributed by atoms with Crippen molar-refractivity contribution in [3.8, 4) is 5.75 Å². The highest BCUT2D eigenvalue weighted by Crippen LogP contribution is 2.30. The van der Waals surface area contributed by atoms with E-state index < -0.39 is 6.10 Å². The summed E-state index contributed by atoms with van der Waals surface area (Å²) in [4.78, 5) is 12.7. The number of furan rings is 1. The van der Waals surface area contributed by atoms with Gasteiger partial charge in [-0.25, -0.2) is 0 Å². The Morgan fingerprint density at radius 3 is 2.59 bits per heavy atom. The molecule has 0 aliphatic heterocycles. The Morgan fingerprint density at radius 2 is 1.78 bits per heavy atom. The van der Waals surface area contributed by atoms with E-state index in [4.69, 9.17) is 20.8 Å². The van der Waals surface area contributed by atoms with Crippen LogP contribution in [0.4, 0.5) is 5.69 Å². The molecule has 1 heterocycles. The van der Waals surface area contributed by atoms with Gasteiger partial charge in [-0.05, 0) is 36.8 Å². The molecule has 0 fully saturated rings. The summed E-state index contributed by atoms with van der Waals surface area (Å²) < 4.78 is 11.7. The van der Waals surface area contributed by atoms with E-state index in [-0.39, 0.29) is 5.91 Å². The number of nitrogens with one attached hydrogen (secondary N) is 1. The molecule has 1 aromatic heterocycles. The fourth-order valence-electron chi connectivity index (χ4n) is 3.04. The highest BCUT2D eigenvalue weighted by atomic mass is 35.5. The Hall–Kier alpha value is -2.98. The second-order valence-corrected chi connectivity index (χ2v) is 6.65. The number of halogens is 1. The Bertz CT molecular complexity index is 1120. The summed E-state index contributed by atoms with van der Waals surface area (Å²) in [6, 6.07) is 20.6. The summed E-state index contributed by atoms with van der Waals surface area (Å²) in [5, 5.41) is 5.45. The summed E-state index contributed by atoms with van der Waals surface area (Å²) in [6.07, 6.45) is -0.125. The molecule has 136 valence electrons. The van der Waals surface area contributed by atoms with Crippen molar-refractivity contribution < 1.29 is 13.9 Å². The van der Waals surface area contributed by atoms with Crippen molar-refractivity contribution >= 4 is 45.1 Å². The summed E-state index contributed by atoms with van der Waals surface area (Å²) in [6.45, 7) is 1.89. The number of fused-ring (bicyclic) bond motifs is 3. The van der Waals surface area contributed by atoms with E-state index in [0.29, 0.717) is 22.9 Å². The molecule has 0 radical (unpaired) electrons. The molecule has 0 saturated carbocycles. The molecule has 0 saturated heterocycles. The summed E-state index contributed by atoms with van der Waals surface area (Å²) >= 11 is 6.13. The van der Waals surface area contributed by atoms with Crippen LogP contribution in [0, 0.1) is 0 Å². The molecule has 0 aliphatic carbocycles. The number of benzene rings is 3. The summed E-state index contributed by atoms with van der Waals surface area (Å²) in [7, 11) is 0. The maximum atomic E-state index is 12.7. The van der Waals surface area contributed by atoms with Crippen LogP contribution in [-0.4, -0.2) is 12.0 Å². The Balaban J connectivity index is 1.55. The van der Waals surface area contributed by atoms with Gasteiger partial charge in [-0.15, -0.1) is 0 Å². The zero-order valence-electron chi connectivity index (χ0n) is 14.7. The molecule has 4 aromatic rings. The molecule has 1 amide bonds. The largest absolute Gasteiger partial charge is 0.479 e. The third kappa shape index (κ3) is 3.49. The van der Waals surface area contributed by atoms with Crippen molar-refractivity contribution in [2.45, 2.75) is 19.4 Å². The highest BCUT2D eigenvalue weighted by Gasteiger charge is 2.20. The van der Waals surface area contributed by atoms with E-state index in [0.717, 1.165) is 21.9 Å². The minimum absolute atomic E-state index is 0.229. The van der Waals surface area contributed by atoms with Crippen LogP contribution in [0.2, 0.25) is 5.02 Å². The van der Waals surface area contributed by atoms with Gasteiger partial charge in [0, 0.05) is 22.5 Å². The molecule has 0 bridgehead atoms. The smallest absolute Gasteiger partial charge is 0.265 e. The average Bonchev–Trinajstić information content (AvgIpc) is 3.05. The highest BCUT2D eigenvalue weighted by molar-refractivity contribution is 6.32. The molecule has 0 aliphatic rings. The predicted octanol–water partition coefficient (Wildman–Crippen LogP) is 6.04. The van der Waals surface area contributed by atoms with Crippen molar-refractivity contribution in [2.75, 3.05) is 5.32 Å². The lowest BCUT2D eigenvalue weighted by Crippen LogP contribution is -2.32. The van der Waals surface area contributed by atoms with Gasteiger partial charge in [0.15, 0.2) is 6.10 Å². The van der Waals surface area contributed by atoms with Gasteiger partial charge in [0.25, 0.3) is 5.91 Å². The van der Waals surface area contributed by atoms with Crippen molar-refractivity contribution in [1.82, 2.24) is 0 Å². The normalized spacial score (nSPS) is 12.2. The predicted molar refractivity (Wildman–Crippen MR) is 109 cm³/mol. The van der Waals surface area contributed by atoms with E-state index >= 15 is 0 Å². The lowest BCUT2D eigenvalue weighted by molar-refractivity contribution is -0.122. The fourth-order valence-corrected chi connectivity index (χ4v) is 3.22. The van der Waals surface area contributed by atoms with Gasteiger partial charge in [0.05, 0.1) is 5.02 Å². The fraction of sp³-hybridized carbons (Fsp3) is 0.136. The maximum absolute atomic E-state index is 12.7. The number of hydrogen-bond acceptors (Lipinski definition) is 3. The molecule has 5 heteroatoms. The van der Waals surface area contributed by atoms with Crippen molar-refractivity contribution in [3.63, 3.8) is 0 Å². The minimum atomic E-state index is -0.642. The summed E-state index contributed by atoms with van der Waals surface area (Å²) in [5.41, 5.74) is 2.21. The number of para-hydroxylation sites is 2. The number of carbonyl (C=O) groups is 1. The first-order valence-electron chi connectivity index (χ1n) is 8.79. The van der Waals surface area contributed by atoms with Gasteiger partial charge < -0.3 is 14.5 Å². The number of carbonyl (C=O) groups excluding carboxylic acids is 1. The summed E-state index contributed by atoms with van der Waals surface area (Å²) in [5.74, 6) is 0.266. The van der Waals surface area contributed by atoms with Crippen LogP contribution in [0.1, 0.15) is 13.3 Å². The molecule has 1 atom stereocenters. The topological polar surface area (TPSA) is 51.5 Å². The standard InChI is InChI=1S/C22H18ClNO3/c1-2-18(26-20-10-6-4-8-17(20)23)22(25)24-14-11-12-16-15-7-3-5-9-19(15)27-21(16)13-14/h3-13,18H,2H2,1H3,(H,24,25)/t18-/m1/s1. The number of rotatable bonds is 5. The first-order chi connectivity index (χ1) is 13.2. The molecule has 4 nitrogen and oxygen atoms in total. The van der Waals surface area contributed by atoms with E-state index in [9.17, 15) is 4.79 Å². The Labute approximate surface area is 161 Å². The van der Waals surface area contributed by atoms with Crippen LogP contribution >= 0.6 is 11.6 Å². The van der Waals surface area contributed by atoms with Crippen LogP contribution < -0.4 is 10.1 Å². The van der Waals surface area contributed by atoms with E-state index in [2.05, 4.69) is 5.32 Å². The second-order valence-electron chi connectivity index (χ2n) is 6.24. The van der Waals surface area contributed by atoms with Gasteiger partial charge in [-0.2, -0.15) is 0 Å². The minimum Gasteiger partial charge on any atom is -0.479 e. The zero-order valence-corrected chi connectivity index (χ0v) is 15.5. The molecule has 4 rings (SSSR count). The van der Waals surface area contributed by atoms with Gasteiger partial charge in [0.1, 0.15) is 16.9 Å². The van der Waals surface area contributed by atoms with Gasteiger partial charge >= 0.3 is 0 Å². The lowest BCUT2D eigenvalue weighted by atomic mass is 10.1. The van der Waals surface area contributed by atoms with Crippen molar-refractivity contribution in [3.05, 3.63) is 71.8 Å². The first-order valence-corrected chi connectivity index (χ1v) is 9.17. The second kappa shape index (κ2) is 7.33. The van der Waals surface area contributed by atoms with Crippen LogP contribution in [0.3, 0.4) is 0 Å². The van der Waals surface area contributed by atoms with Gasteiger partial charge in [0.2, 0.25) is 0 Å². The van der Waals surface area contributed by atoms with E-state index in [1.165, 1.54) is 0 Å². The monoisotopic (exact) mass is 379 g/mol. The number of amides is 1. The molecule has 3 aromatic carbocycles. The van der Waals surface area contributed by atoms with Crippen LogP contribution in [0.15, 0.2) is 71.1 Å².